The number of carbonyl (C=O) groups is 2. The summed E-state index contributed by atoms with van der Waals surface area (Å²) >= 11 is 5.99. The van der Waals surface area contributed by atoms with Crippen LogP contribution in [0.4, 0.5) is 0 Å². The van der Waals surface area contributed by atoms with E-state index in [4.69, 9.17) is 16.7 Å². The molecule has 2 rings (SSSR count). The standard InChI is InChI=1S/C14H17ClN2O3/c15-12-9-16-5-3-11(12)14(20)17-6-1-2-10(4-7-17)8-13(18)19/h3,5,9-10H,1-2,4,6-8H2,(H,18,19). The average molecular weight is 297 g/mol. The molecule has 108 valence electrons. The zero-order valence-corrected chi connectivity index (χ0v) is 11.8. The number of pyridine rings is 1. The first kappa shape index (κ1) is 14.8. The predicted molar refractivity (Wildman–Crippen MR) is 74.7 cm³/mol. The number of hydrogen-bond acceptors (Lipinski definition) is 3. The molecule has 1 aromatic heterocycles. The van der Waals surface area contributed by atoms with Gasteiger partial charge in [0.2, 0.25) is 0 Å². The van der Waals surface area contributed by atoms with Crippen LogP contribution < -0.4 is 0 Å². The van der Waals surface area contributed by atoms with Gasteiger partial charge in [-0.2, -0.15) is 0 Å². The summed E-state index contributed by atoms with van der Waals surface area (Å²) < 4.78 is 0. The monoisotopic (exact) mass is 296 g/mol. The Kier molecular flexibility index (Phi) is 4.95. The van der Waals surface area contributed by atoms with Crippen LogP contribution >= 0.6 is 11.6 Å². The second kappa shape index (κ2) is 6.70. The Morgan fingerprint density at radius 1 is 1.40 bits per heavy atom. The Morgan fingerprint density at radius 2 is 2.20 bits per heavy atom. The third-order valence-corrected chi connectivity index (χ3v) is 3.90. The van der Waals surface area contributed by atoms with Gasteiger partial charge in [-0.25, -0.2) is 0 Å². The zero-order valence-electron chi connectivity index (χ0n) is 11.1. The smallest absolute Gasteiger partial charge is 0.303 e. The number of nitrogens with zero attached hydrogens (tertiary/aromatic N) is 2. The molecular weight excluding hydrogens is 280 g/mol. The lowest BCUT2D eigenvalue weighted by Crippen LogP contribution is -2.32. The number of amides is 1. The summed E-state index contributed by atoms with van der Waals surface area (Å²) in [5.74, 6) is -0.724. The third-order valence-electron chi connectivity index (χ3n) is 3.60. The van der Waals surface area contributed by atoms with Crippen LogP contribution in [-0.4, -0.2) is 40.0 Å². The van der Waals surface area contributed by atoms with Crippen molar-refractivity contribution in [2.75, 3.05) is 13.1 Å². The van der Waals surface area contributed by atoms with Crippen molar-refractivity contribution in [1.82, 2.24) is 9.88 Å². The number of aliphatic carboxylic acids is 1. The summed E-state index contributed by atoms with van der Waals surface area (Å²) in [6.07, 6.45) is 5.58. The van der Waals surface area contributed by atoms with Crippen molar-refractivity contribution in [3.8, 4) is 0 Å². The molecule has 0 spiro atoms. The second-order valence-corrected chi connectivity index (χ2v) is 5.45. The van der Waals surface area contributed by atoms with Crippen molar-refractivity contribution in [1.29, 1.82) is 0 Å². The number of carbonyl (C=O) groups excluding carboxylic acids is 1. The molecule has 0 radical (unpaired) electrons. The van der Waals surface area contributed by atoms with Crippen LogP contribution in [0.3, 0.4) is 0 Å². The molecule has 1 aliphatic heterocycles. The summed E-state index contributed by atoms with van der Waals surface area (Å²) in [5, 5.41) is 9.19. The molecule has 6 heteroatoms. The Bertz CT molecular complexity index is 507. The molecule has 20 heavy (non-hydrogen) atoms. The van der Waals surface area contributed by atoms with Gasteiger partial charge in [0, 0.05) is 31.9 Å². The summed E-state index contributed by atoms with van der Waals surface area (Å²) in [4.78, 5) is 28.8. The van der Waals surface area contributed by atoms with Crippen molar-refractivity contribution in [2.45, 2.75) is 25.7 Å². The highest BCUT2D eigenvalue weighted by molar-refractivity contribution is 6.33. The van der Waals surface area contributed by atoms with E-state index in [1.807, 2.05) is 0 Å². The lowest BCUT2D eigenvalue weighted by atomic mass is 9.97. The molecule has 1 atom stereocenters. The second-order valence-electron chi connectivity index (χ2n) is 5.04. The number of carboxylic acids is 1. The predicted octanol–water partition coefficient (Wildman–Crippen LogP) is 2.45. The fourth-order valence-electron chi connectivity index (χ4n) is 2.54. The van der Waals surface area contributed by atoms with Crippen molar-refractivity contribution in [2.24, 2.45) is 5.92 Å². The minimum Gasteiger partial charge on any atom is -0.481 e. The van der Waals surface area contributed by atoms with Crippen molar-refractivity contribution in [3.05, 3.63) is 29.0 Å². The minimum absolute atomic E-state index is 0.103. The molecule has 0 aliphatic carbocycles. The van der Waals surface area contributed by atoms with E-state index in [1.165, 1.54) is 6.20 Å². The molecule has 1 saturated heterocycles. The van der Waals surface area contributed by atoms with E-state index in [0.717, 1.165) is 19.3 Å². The molecule has 1 aromatic rings. The number of aromatic nitrogens is 1. The van der Waals surface area contributed by atoms with Gasteiger partial charge in [-0.1, -0.05) is 11.6 Å². The molecule has 5 nitrogen and oxygen atoms in total. The first-order chi connectivity index (χ1) is 9.58. The van der Waals surface area contributed by atoms with Crippen LogP contribution in [0.2, 0.25) is 5.02 Å². The van der Waals surface area contributed by atoms with E-state index in [-0.39, 0.29) is 18.2 Å². The first-order valence-corrected chi connectivity index (χ1v) is 7.06. The molecule has 1 N–H and O–H groups in total. The van der Waals surface area contributed by atoms with Crippen LogP contribution in [0.25, 0.3) is 0 Å². The summed E-state index contributed by atoms with van der Waals surface area (Å²) in [6, 6.07) is 1.62. The largest absolute Gasteiger partial charge is 0.481 e. The average Bonchev–Trinajstić information content (AvgIpc) is 2.63. The molecular formula is C14H17ClN2O3. The van der Waals surface area contributed by atoms with E-state index in [1.54, 1.807) is 17.2 Å². The third kappa shape index (κ3) is 3.70. The zero-order chi connectivity index (χ0) is 14.5. The maximum Gasteiger partial charge on any atom is 0.303 e. The normalized spacial score (nSPS) is 19.4. The number of likely N-dealkylation sites (tertiary alicyclic amines) is 1. The summed E-state index contributed by atoms with van der Waals surface area (Å²) in [7, 11) is 0. The van der Waals surface area contributed by atoms with Gasteiger partial charge < -0.3 is 10.0 Å². The van der Waals surface area contributed by atoms with E-state index in [0.29, 0.717) is 23.7 Å². The van der Waals surface area contributed by atoms with E-state index >= 15 is 0 Å². The summed E-state index contributed by atoms with van der Waals surface area (Å²) in [5.41, 5.74) is 0.457. The highest BCUT2D eigenvalue weighted by Gasteiger charge is 2.23. The number of carboxylic acid groups (broad SMARTS) is 1. The van der Waals surface area contributed by atoms with Crippen LogP contribution in [0, 0.1) is 5.92 Å². The van der Waals surface area contributed by atoms with E-state index in [9.17, 15) is 9.59 Å². The minimum atomic E-state index is -0.771. The van der Waals surface area contributed by atoms with Crippen LogP contribution in [0.5, 0.6) is 0 Å². The number of halogens is 1. The molecule has 0 saturated carbocycles. The molecule has 0 aromatic carbocycles. The highest BCUT2D eigenvalue weighted by atomic mass is 35.5. The lowest BCUT2D eigenvalue weighted by molar-refractivity contribution is -0.138. The molecule has 0 bridgehead atoms. The van der Waals surface area contributed by atoms with E-state index in [2.05, 4.69) is 4.98 Å². The molecule has 1 fully saturated rings. The number of rotatable bonds is 3. The van der Waals surface area contributed by atoms with Gasteiger partial charge in [0.15, 0.2) is 0 Å². The molecule has 1 amide bonds. The van der Waals surface area contributed by atoms with Gasteiger partial charge in [-0.05, 0) is 31.2 Å². The first-order valence-electron chi connectivity index (χ1n) is 6.68. The van der Waals surface area contributed by atoms with Gasteiger partial charge in [0.05, 0.1) is 10.6 Å². The molecule has 2 heterocycles. The summed E-state index contributed by atoms with van der Waals surface area (Å²) in [6.45, 7) is 1.23. The van der Waals surface area contributed by atoms with Crippen LogP contribution in [0.15, 0.2) is 18.5 Å². The topological polar surface area (TPSA) is 70.5 Å². The highest BCUT2D eigenvalue weighted by Crippen LogP contribution is 2.23. The van der Waals surface area contributed by atoms with Crippen molar-refractivity contribution < 1.29 is 14.7 Å². The Morgan fingerprint density at radius 3 is 2.90 bits per heavy atom. The lowest BCUT2D eigenvalue weighted by Gasteiger charge is -2.21. The van der Waals surface area contributed by atoms with Crippen LogP contribution in [0.1, 0.15) is 36.0 Å². The van der Waals surface area contributed by atoms with Crippen molar-refractivity contribution in [3.63, 3.8) is 0 Å². The quantitative estimate of drug-likeness (QED) is 0.930. The van der Waals surface area contributed by atoms with Crippen molar-refractivity contribution >= 4 is 23.5 Å². The van der Waals surface area contributed by atoms with Gasteiger partial charge >= 0.3 is 5.97 Å². The van der Waals surface area contributed by atoms with Gasteiger partial charge in [-0.15, -0.1) is 0 Å². The number of hydrogen-bond donors (Lipinski definition) is 1. The van der Waals surface area contributed by atoms with Gasteiger partial charge in [-0.3, -0.25) is 14.6 Å². The maximum atomic E-state index is 12.4. The Balaban J connectivity index is 2.02. The Labute approximate surface area is 122 Å². The SMILES string of the molecule is O=C(O)CC1CCCN(C(=O)c2ccncc2Cl)CC1. The molecule has 1 unspecified atom stereocenters. The fraction of sp³-hybridized carbons (Fsp3) is 0.500. The van der Waals surface area contributed by atoms with Gasteiger partial charge in [0.25, 0.3) is 5.91 Å². The Hall–Kier alpha value is -1.62. The van der Waals surface area contributed by atoms with Gasteiger partial charge in [0.1, 0.15) is 0 Å². The van der Waals surface area contributed by atoms with E-state index < -0.39 is 5.97 Å². The molecule has 1 aliphatic rings. The maximum absolute atomic E-state index is 12.4. The van der Waals surface area contributed by atoms with Crippen LogP contribution in [-0.2, 0) is 4.79 Å². The fourth-order valence-corrected chi connectivity index (χ4v) is 2.74.